The van der Waals surface area contributed by atoms with Crippen molar-refractivity contribution in [3.63, 3.8) is 0 Å². The normalized spacial score (nSPS) is 22.3. The van der Waals surface area contributed by atoms with E-state index < -0.39 is 0 Å². The van der Waals surface area contributed by atoms with Crippen LogP contribution in [0.15, 0.2) is 40.3 Å². The first-order chi connectivity index (χ1) is 11.1. The van der Waals surface area contributed by atoms with Crippen LogP contribution in [0.25, 0.3) is 0 Å². The van der Waals surface area contributed by atoms with Crippen LogP contribution in [0.2, 0.25) is 0 Å². The minimum absolute atomic E-state index is 0.0528. The van der Waals surface area contributed by atoms with Crippen LogP contribution in [-0.2, 0) is 9.47 Å². The fourth-order valence-corrected chi connectivity index (χ4v) is 3.05. The van der Waals surface area contributed by atoms with Crippen LogP contribution in [0.5, 0.6) is 0 Å². The number of rotatable bonds is 5. The molecule has 0 bridgehead atoms. The summed E-state index contributed by atoms with van der Waals surface area (Å²) >= 11 is 0. The number of hydrogen-bond acceptors (Lipinski definition) is 4. The van der Waals surface area contributed by atoms with Gasteiger partial charge >= 0.3 is 0 Å². The van der Waals surface area contributed by atoms with E-state index in [4.69, 9.17) is 19.5 Å². The third-order valence-electron chi connectivity index (χ3n) is 4.41. The van der Waals surface area contributed by atoms with Crippen molar-refractivity contribution >= 4 is 11.8 Å². The molecule has 0 N–H and O–H groups in total. The number of methoxy groups -OCH3 is 2. The molecule has 0 amide bonds. The van der Waals surface area contributed by atoms with E-state index in [1.165, 1.54) is 5.56 Å². The summed E-state index contributed by atoms with van der Waals surface area (Å²) in [5, 5.41) is 0. The van der Waals surface area contributed by atoms with E-state index in [9.17, 15) is 0 Å². The molecule has 23 heavy (non-hydrogen) atoms. The third-order valence-corrected chi connectivity index (χ3v) is 4.41. The van der Waals surface area contributed by atoms with Gasteiger partial charge in [0, 0.05) is 0 Å². The highest BCUT2D eigenvalue weighted by molar-refractivity contribution is 5.94. The van der Waals surface area contributed by atoms with Crippen molar-refractivity contribution in [3.8, 4) is 0 Å². The van der Waals surface area contributed by atoms with Crippen LogP contribution >= 0.6 is 0 Å². The van der Waals surface area contributed by atoms with Crippen LogP contribution in [0.4, 0.5) is 0 Å². The summed E-state index contributed by atoms with van der Waals surface area (Å²) in [5.41, 5.74) is 1.34. The maximum absolute atomic E-state index is 5.55. The molecule has 3 atom stereocenters. The van der Waals surface area contributed by atoms with Gasteiger partial charge in [0.15, 0.2) is 0 Å². The Morgan fingerprint density at radius 1 is 1.00 bits per heavy atom. The van der Waals surface area contributed by atoms with Crippen molar-refractivity contribution in [2.75, 3.05) is 14.2 Å². The number of hydrogen-bond donors (Lipinski definition) is 0. The van der Waals surface area contributed by atoms with Crippen molar-refractivity contribution in [2.45, 2.75) is 51.6 Å². The maximum atomic E-state index is 5.55. The van der Waals surface area contributed by atoms with Gasteiger partial charge in [-0.05, 0) is 30.2 Å². The Balaban J connectivity index is 2.23. The van der Waals surface area contributed by atoms with E-state index in [-0.39, 0.29) is 12.1 Å². The predicted octanol–water partition coefficient (Wildman–Crippen LogP) is 4.07. The fourth-order valence-electron chi connectivity index (χ4n) is 3.05. The minimum atomic E-state index is -0.0740. The molecule has 0 spiro atoms. The molecule has 0 unspecified atom stereocenters. The second-order valence-electron chi connectivity index (χ2n) is 6.30. The lowest BCUT2D eigenvalue weighted by Crippen LogP contribution is -2.38. The second kappa shape index (κ2) is 8.14. The smallest absolute Gasteiger partial charge is 0.209 e. The van der Waals surface area contributed by atoms with E-state index in [1.54, 1.807) is 14.2 Å². The van der Waals surface area contributed by atoms with Crippen molar-refractivity contribution in [2.24, 2.45) is 15.9 Å². The van der Waals surface area contributed by atoms with E-state index in [0.717, 1.165) is 18.7 Å². The average Bonchev–Trinajstić information content (AvgIpc) is 2.59. The molecule has 4 nitrogen and oxygen atoms in total. The van der Waals surface area contributed by atoms with Crippen LogP contribution in [0.3, 0.4) is 0 Å². The molecule has 1 aromatic rings. The zero-order valence-corrected chi connectivity index (χ0v) is 14.8. The molecular formula is C19H28N2O2. The van der Waals surface area contributed by atoms with E-state index >= 15 is 0 Å². The minimum Gasteiger partial charge on any atom is -0.483 e. The van der Waals surface area contributed by atoms with Gasteiger partial charge in [-0.15, -0.1) is 0 Å². The van der Waals surface area contributed by atoms with Crippen molar-refractivity contribution < 1.29 is 9.47 Å². The van der Waals surface area contributed by atoms with Crippen LogP contribution in [0, 0.1) is 5.92 Å². The SMILES string of the molecule is CC[C@H](C[C@@H]1N=C(OC)[C@@H](C(C)C)N=C1OC)c1ccccc1. The van der Waals surface area contributed by atoms with Gasteiger partial charge in [-0.1, -0.05) is 51.1 Å². The van der Waals surface area contributed by atoms with Gasteiger partial charge < -0.3 is 9.47 Å². The summed E-state index contributed by atoms with van der Waals surface area (Å²) in [5.74, 6) is 2.20. The monoisotopic (exact) mass is 316 g/mol. The van der Waals surface area contributed by atoms with Crippen molar-refractivity contribution in [1.29, 1.82) is 0 Å². The van der Waals surface area contributed by atoms with Crippen molar-refractivity contribution in [3.05, 3.63) is 35.9 Å². The van der Waals surface area contributed by atoms with Gasteiger partial charge in [0.1, 0.15) is 12.1 Å². The van der Waals surface area contributed by atoms with Crippen molar-refractivity contribution in [1.82, 2.24) is 0 Å². The zero-order valence-electron chi connectivity index (χ0n) is 14.8. The van der Waals surface area contributed by atoms with E-state index in [2.05, 4.69) is 45.0 Å². The molecule has 1 aromatic carbocycles. The quantitative estimate of drug-likeness (QED) is 0.822. The first-order valence-corrected chi connectivity index (χ1v) is 8.38. The Kier molecular flexibility index (Phi) is 6.20. The number of benzene rings is 1. The van der Waals surface area contributed by atoms with Gasteiger partial charge in [-0.2, -0.15) is 0 Å². The Hall–Kier alpha value is -1.84. The predicted molar refractivity (Wildman–Crippen MR) is 95.4 cm³/mol. The van der Waals surface area contributed by atoms with Crippen LogP contribution < -0.4 is 0 Å². The topological polar surface area (TPSA) is 43.2 Å². The molecule has 0 saturated heterocycles. The van der Waals surface area contributed by atoms with Crippen LogP contribution in [-0.4, -0.2) is 38.1 Å². The molecule has 1 heterocycles. The molecule has 1 aliphatic heterocycles. The lowest BCUT2D eigenvalue weighted by atomic mass is 9.89. The molecule has 1 aliphatic rings. The highest BCUT2D eigenvalue weighted by atomic mass is 16.5. The molecule has 4 heteroatoms. The summed E-state index contributed by atoms with van der Waals surface area (Å²) in [6, 6.07) is 10.5. The molecule has 0 radical (unpaired) electrons. The zero-order chi connectivity index (χ0) is 16.8. The maximum Gasteiger partial charge on any atom is 0.209 e. The Bertz CT molecular complexity index is 552. The summed E-state index contributed by atoms with van der Waals surface area (Å²) < 4.78 is 11.0. The number of ether oxygens (including phenoxy) is 2. The largest absolute Gasteiger partial charge is 0.483 e. The summed E-state index contributed by atoms with van der Waals surface area (Å²) in [6.45, 7) is 6.45. The summed E-state index contributed by atoms with van der Waals surface area (Å²) in [7, 11) is 3.35. The van der Waals surface area contributed by atoms with Crippen LogP contribution in [0.1, 0.15) is 45.1 Å². The standard InChI is InChI=1S/C19H28N2O2/c1-6-14(15-10-8-7-9-11-15)12-16-18(22-4)21-17(13(2)3)19(20-16)23-5/h7-11,13-14,16-17H,6,12H2,1-5H3/t14-,16+,17-/m1/s1. The molecule has 126 valence electrons. The lowest BCUT2D eigenvalue weighted by Gasteiger charge is -2.29. The highest BCUT2D eigenvalue weighted by Crippen LogP contribution is 2.28. The first kappa shape index (κ1) is 17.5. The summed E-state index contributed by atoms with van der Waals surface area (Å²) in [4.78, 5) is 9.56. The van der Waals surface area contributed by atoms with Gasteiger partial charge in [-0.25, -0.2) is 9.98 Å². The number of nitrogens with zero attached hydrogens (tertiary/aromatic N) is 2. The fraction of sp³-hybridized carbons (Fsp3) is 0.579. The molecular weight excluding hydrogens is 288 g/mol. The Morgan fingerprint density at radius 3 is 2.17 bits per heavy atom. The van der Waals surface area contributed by atoms with E-state index in [1.807, 2.05) is 6.07 Å². The second-order valence-corrected chi connectivity index (χ2v) is 6.30. The van der Waals surface area contributed by atoms with Gasteiger partial charge in [0.05, 0.1) is 14.2 Å². The van der Waals surface area contributed by atoms with Gasteiger partial charge in [-0.3, -0.25) is 0 Å². The Morgan fingerprint density at radius 2 is 1.65 bits per heavy atom. The molecule has 0 saturated carbocycles. The Labute approximate surface area is 139 Å². The van der Waals surface area contributed by atoms with E-state index in [0.29, 0.717) is 17.7 Å². The summed E-state index contributed by atoms with van der Waals surface area (Å²) in [6.07, 6.45) is 1.94. The highest BCUT2D eigenvalue weighted by Gasteiger charge is 2.32. The van der Waals surface area contributed by atoms with Gasteiger partial charge in [0.25, 0.3) is 0 Å². The van der Waals surface area contributed by atoms with Gasteiger partial charge in [0.2, 0.25) is 11.8 Å². The third kappa shape index (κ3) is 4.12. The number of aliphatic imine (C=N–C) groups is 2. The first-order valence-electron chi connectivity index (χ1n) is 8.38. The molecule has 2 rings (SSSR count). The molecule has 0 aliphatic carbocycles. The molecule has 0 fully saturated rings. The average molecular weight is 316 g/mol. The lowest BCUT2D eigenvalue weighted by molar-refractivity contribution is 0.327. The molecule has 0 aromatic heterocycles.